The molecular weight excluding hydrogens is 344 g/mol. The summed E-state index contributed by atoms with van der Waals surface area (Å²) < 4.78 is 5.60. The molecule has 1 fully saturated rings. The van der Waals surface area contributed by atoms with E-state index in [0.29, 0.717) is 50.3 Å². The highest BCUT2D eigenvalue weighted by molar-refractivity contribution is 6.30. The van der Waals surface area contributed by atoms with Gasteiger partial charge in [-0.15, -0.1) is 0 Å². The summed E-state index contributed by atoms with van der Waals surface area (Å²) in [6.45, 7) is 1.08. The molecule has 1 aliphatic rings. The molecule has 7 heteroatoms. The molecule has 1 saturated carbocycles. The number of carbonyl (C=O) groups excluding carboxylic acids is 1. The van der Waals surface area contributed by atoms with Crippen LogP contribution in [0.3, 0.4) is 0 Å². The molecule has 0 bridgehead atoms. The van der Waals surface area contributed by atoms with Crippen molar-refractivity contribution in [2.45, 2.75) is 38.1 Å². The number of aliphatic carboxylic acids is 1. The zero-order valence-electron chi connectivity index (χ0n) is 14.4. The molecule has 0 atom stereocenters. The summed E-state index contributed by atoms with van der Waals surface area (Å²) in [5.74, 6) is -0.286. The number of hydrogen-bond donors (Lipinski definition) is 2. The van der Waals surface area contributed by atoms with Gasteiger partial charge < -0.3 is 20.1 Å². The molecule has 6 nitrogen and oxygen atoms in total. The monoisotopic (exact) mass is 368 g/mol. The molecule has 0 spiro atoms. The third-order valence-electron chi connectivity index (χ3n) is 4.45. The van der Waals surface area contributed by atoms with Crippen molar-refractivity contribution in [2.75, 3.05) is 20.2 Å². The van der Waals surface area contributed by atoms with E-state index < -0.39 is 5.97 Å². The van der Waals surface area contributed by atoms with Crippen molar-refractivity contribution in [1.29, 1.82) is 0 Å². The first-order valence-corrected chi connectivity index (χ1v) is 8.96. The van der Waals surface area contributed by atoms with Gasteiger partial charge in [-0.25, -0.2) is 4.79 Å². The summed E-state index contributed by atoms with van der Waals surface area (Å²) in [4.78, 5) is 24.7. The first-order valence-electron chi connectivity index (χ1n) is 8.58. The van der Waals surface area contributed by atoms with Crippen molar-refractivity contribution < 1.29 is 19.4 Å². The van der Waals surface area contributed by atoms with Crippen molar-refractivity contribution in [1.82, 2.24) is 10.2 Å². The Morgan fingerprint density at radius 2 is 2.04 bits per heavy atom. The van der Waals surface area contributed by atoms with Gasteiger partial charge in [-0.1, -0.05) is 17.7 Å². The Morgan fingerprint density at radius 1 is 1.32 bits per heavy atom. The van der Waals surface area contributed by atoms with Crippen LogP contribution >= 0.6 is 11.6 Å². The molecule has 138 valence electrons. The summed E-state index contributed by atoms with van der Waals surface area (Å²) >= 11 is 5.89. The van der Waals surface area contributed by atoms with E-state index in [2.05, 4.69) is 5.32 Å². The van der Waals surface area contributed by atoms with Crippen LogP contribution in [0.2, 0.25) is 5.02 Å². The number of amides is 2. The highest BCUT2D eigenvalue weighted by Crippen LogP contribution is 2.24. The largest absolute Gasteiger partial charge is 0.493 e. The summed E-state index contributed by atoms with van der Waals surface area (Å²) in [6.07, 6.45) is 3.39. The molecule has 0 aromatic heterocycles. The van der Waals surface area contributed by atoms with E-state index in [1.165, 1.54) is 0 Å². The molecule has 0 unspecified atom stereocenters. The standard InChI is InChI=1S/C18H25ClN2O4/c1-21(10-3-11-25-16-5-2-4-14(19)12-16)18(24)20-15-8-6-13(7-9-15)17(22)23/h2,4-5,12-13,15H,3,6-11H2,1H3,(H,20,24)(H,22,23). The first-order chi connectivity index (χ1) is 12.0. The second-order valence-electron chi connectivity index (χ2n) is 6.42. The van der Waals surface area contributed by atoms with Crippen LogP contribution in [0.5, 0.6) is 5.75 Å². The quantitative estimate of drug-likeness (QED) is 0.723. The van der Waals surface area contributed by atoms with Gasteiger partial charge in [0.15, 0.2) is 0 Å². The maximum Gasteiger partial charge on any atom is 0.317 e. The van der Waals surface area contributed by atoms with Crippen molar-refractivity contribution in [3.63, 3.8) is 0 Å². The van der Waals surface area contributed by atoms with Crippen LogP contribution in [-0.2, 0) is 4.79 Å². The SMILES string of the molecule is CN(CCCOc1cccc(Cl)c1)C(=O)NC1CCC(C(=O)O)CC1. The van der Waals surface area contributed by atoms with Crippen LogP contribution < -0.4 is 10.1 Å². The normalized spacial score (nSPS) is 19.9. The lowest BCUT2D eigenvalue weighted by Crippen LogP contribution is -2.45. The first kappa shape index (κ1) is 19.4. The van der Waals surface area contributed by atoms with Crippen molar-refractivity contribution in [3.05, 3.63) is 29.3 Å². The predicted molar refractivity (Wildman–Crippen MR) is 96.1 cm³/mol. The van der Waals surface area contributed by atoms with Gasteiger partial charge in [0, 0.05) is 24.7 Å². The highest BCUT2D eigenvalue weighted by Gasteiger charge is 2.27. The number of ether oxygens (including phenoxy) is 1. The Bertz CT molecular complexity index is 588. The molecule has 25 heavy (non-hydrogen) atoms. The van der Waals surface area contributed by atoms with Crippen LogP contribution in [0, 0.1) is 5.92 Å². The Balaban J connectivity index is 1.63. The number of carboxylic acid groups (broad SMARTS) is 1. The predicted octanol–water partition coefficient (Wildman–Crippen LogP) is 3.39. The van der Waals surface area contributed by atoms with Gasteiger partial charge in [0.1, 0.15) is 5.75 Å². The summed E-state index contributed by atoms with van der Waals surface area (Å²) in [7, 11) is 1.75. The van der Waals surface area contributed by atoms with Crippen molar-refractivity contribution >= 4 is 23.6 Å². The number of carboxylic acids is 1. The maximum atomic E-state index is 12.2. The molecule has 0 radical (unpaired) electrons. The molecule has 1 aromatic carbocycles. The lowest BCUT2D eigenvalue weighted by molar-refractivity contribution is -0.142. The number of benzene rings is 1. The smallest absolute Gasteiger partial charge is 0.317 e. The fourth-order valence-electron chi connectivity index (χ4n) is 2.92. The summed E-state index contributed by atoms with van der Waals surface area (Å²) in [6, 6.07) is 7.16. The number of halogens is 1. The third kappa shape index (κ3) is 6.46. The third-order valence-corrected chi connectivity index (χ3v) is 4.69. The second kappa shape index (κ2) is 9.51. The average molecular weight is 369 g/mol. The molecule has 2 rings (SSSR count). The second-order valence-corrected chi connectivity index (χ2v) is 6.85. The summed E-state index contributed by atoms with van der Waals surface area (Å²) in [5.41, 5.74) is 0. The fourth-order valence-corrected chi connectivity index (χ4v) is 3.10. The van der Waals surface area contributed by atoms with Gasteiger partial charge in [-0.05, 0) is 50.3 Å². The van der Waals surface area contributed by atoms with Crippen LogP contribution in [-0.4, -0.2) is 48.2 Å². The van der Waals surface area contributed by atoms with E-state index in [0.717, 1.165) is 5.75 Å². The lowest BCUT2D eigenvalue weighted by atomic mass is 9.86. The minimum atomic E-state index is -0.735. The van der Waals surface area contributed by atoms with E-state index in [4.69, 9.17) is 21.4 Å². The zero-order chi connectivity index (χ0) is 18.2. The minimum Gasteiger partial charge on any atom is -0.493 e. The van der Waals surface area contributed by atoms with Gasteiger partial charge in [0.05, 0.1) is 12.5 Å². The zero-order valence-corrected chi connectivity index (χ0v) is 15.2. The molecule has 0 heterocycles. The Morgan fingerprint density at radius 3 is 2.68 bits per heavy atom. The Labute approximate surface area is 153 Å². The molecule has 1 aromatic rings. The molecule has 1 aliphatic carbocycles. The maximum absolute atomic E-state index is 12.2. The molecule has 0 saturated heterocycles. The van der Waals surface area contributed by atoms with Crippen LogP contribution in [0.4, 0.5) is 4.79 Å². The molecule has 2 N–H and O–H groups in total. The Kier molecular flexibility index (Phi) is 7.37. The summed E-state index contributed by atoms with van der Waals surface area (Å²) in [5, 5.41) is 12.6. The van der Waals surface area contributed by atoms with Gasteiger partial charge in [0.2, 0.25) is 0 Å². The number of urea groups is 1. The van der Waals surface area contributed by atoms with E-state index in [9.17, 15) is 9.59 Å². The van der Waals surface area contributed by atoms with Crippen LogP contribution in [0.15, 0.2) is 24.3 Å². The lowest BCUT2D eigenvalue weighted by Gasteiger charge is -2.28. The van der Waals surface area contributed by atoms with Gasteiger partial charge in [0.25, 0.3) is 0 Å². The molecule has 2 amide bonds. The number of carbonyl (C=O) groups is 2. The highest BCUT2D eigenvalue weighted by atomic mass is 35.5. The van der Waals surface area contributed by atoms with Gasteiger partial charge in [-0.3, -0.25) is 4.79 Å². The van der Waals surface area contributed by atoms with E-state index in [1.807, 2.05) is 12.1 Å². The van der Waals surface area contributed by atoms with Gasteiger partial charge in [-0.2, -0.15) is 0 Å². The number of nitrogens with zero attached hydrogens (tertiary/aromatic N) is 1. The fraction of sp³-hybridized carbons (Fsp3) is 0.556. The molecule has 0 aliphatic heterocycles. The van der Waals surface area contributed by atoms with Gasteiger partial charge >= 0.3 is 12.0 Å². The van der Waals surface area contributed by atoms with Crippen LogP contribution in [0.25, 0.3) is 0 Å². The van der Waals surface area contributed by atoms with E-state index in [-0.39, 0.29) is 18.0 Å². The average Bonchev–Trinajstić information content (AvgIpc) is 2.59. The van der Waals surface area contributed by atoms with Crippen molar-refractivity contribution in [2.24, 2.45) is 5.92 Å². The van der Waals surface area contributed by atoms with Crippen LogP contribution in [0.1, 0.15) is 32.1 Å². The van der Waals surface area contributed by atoms with E-state index in [1.54, 1.807) is 24.1 Å². The number of hydrogen-bond acceptors (Lipinski definition) is 3. The number of nitrogens with one attached hydrogen (secondary N) is 1. The topological polar surface area (TPSA) is 78.9 Å². The Hall–Kier alpha value is -1.95. The van der Waals surface area contributed by atoms with Crippen molar-refractivity contribution in [3.8, 4) is 5.75 Å². The van der Waals surface area contributed by atoms with E-state index >= 15 is 0 Å². The minimum absolute atomic E-state index is 0.0632. The number of rotatable bonds is 7. The molecular formula is C18H25ClN2O4.